The van der Waals surface area contributed by atoms with Gasteiger partial charge >= 0.3 is 0 Å². The van der Waals surface area contributed by atoms with Crippen molar-refractivity contribution in [1.82, 2.24) is 9.97 Å². The fourth-order valence-electron chi connectivity index (χ4n) is 1.12. The SMILES string of the molecule is CCC(O)C(C)Nc1ncc[nH]c1=O. The van der Waals surface area contributed by atoms with Crippen molar-refractivity contribution in [3.8, 4) is 0 Å². The molecule has 0 aliphatic heterocycles. The normalized spacial score (nSPS) is 14.8. The first-order valence-electron chi connectivity index (χ1n) is 4.63. The van der Waals surface area contributed by atoms with E-state index >= 15 is 0 Å². The third-order valence-electron chi connectivity index (χ3n) is 2.07. The summed E-state index contributed by atoms with van der Waals surface area (Å²) in [6, 6.07) is -0.184. The average molecular weight is 197 g/mol. The van der Waals surface area contributed by atoms with Crippen LogP contribution in [0.15, 0.2) is 17.2 Å². The van der Waals surface area contributed by atoms with Crippen LogP contribution in [0.5, 0.6) is 0 Å². The monoisotopic (exact) mass is 197 g/mol. The second kappa shape index (κ2) is 4.76. The first-order chi connectivity index (χ1) is 6.65. The molecule has 1 aromatic rings. The van der Waals surface area contributed by atoms with Crippen LogP contribution in [-0.4, -0.2) is 27.2 Å². The lowest BCUT2D eigenvalue weighted by Crippen LogP contribution is -2.32. The van der Waals surface area contributed by atoms with Gasteiger partial charge in [0.05, 0.1) is 12.1 Å². The topological polar surface area (TPSA) is 78.0 Å². The minimum absolute atomic E-state index is 0.184. The van der Waals surface area contributed by atoms with Crippen LogP contribution in [0.1, 0.15) is 20.3 Å². The highest BCUT2D eigenvalue weighted by Gasteiger charge is 2.13. The molecule has 14 heavy (non-hydrogen) atoms. The van der Waals surface area contributed by atoms with E-state index in [2.05, 4.69) is 15.3 Å². The van der Waals surface area contributed by atoms with Crippen molar-refractivity contribution < 1.29 is 5.11 Å². The van der Waals surface area contributed by atoms with Crippen LogP contribution in [0.25, 0.3) is 0 Å². The maximum absolute atomic E-state index is 11.2. The summed E-state index contributed by atoms with van der Waals surface area (Å²) >= 11 is 0. The molecule has 2 atom stereocenters. The molecule has 0 bridgehead atoms. The van der Waals surface area contributed by atoms with Crippen LogP contribution < -0.4 is 10.9 Å². The number of hydrogen-bond acceptors (Lipinski definition) is 4. The molecule has 0 saturated heterocycles. The van der Waals surface area contributed by atoms with Gasteiger partial charge in [0, 0.05) is 12.4 Å². The number of anilines is 1. The molecule has 0 aliphatic rings. The minimum Gasteiger partial charge on any atom is -0.391 e. The first kappa shape index (κ1) is 10.7. The van der Waals surface area contributed by atoms with Gasteiger partial charge < -0.3 is 15.4 Å². The lowest BCUT2D eigenvalue weighted by atomic mass is 10.1. The van der Waals surface area contributed by atoms with E-state index in [4.69, 9.17) is 0 Å². The van der Waals surface area contributed by atoms with Crippen LogP contribution >= 0.6 is 0 Å². The molecule has 0 saturated carbocycles. The molecule has 3 N–H and O–H groups in total. The molecule has 1 heterocycles. The predicted octanol–water partition coefficient (Wildman–Crippen LogP) is 0.341. The second-order valence-corrected chi connectivity index (χ2v) is 3.18. The lowest BCUT2D eigenvalue weighted by molar-refractivity contribution is 0.153. The highest BCUT2D eigenvalue weighted by Crippen LogP contribution is 2.02. The van der Waals surface area contributed by atoms with Crippen molar-refractivity contribution in [1.29, 1.82) is 0 Å². The Morgan fingerprint density at radius 1 is 1.71 bits per heavy atom. The molecule has 1 aromatic heterocycles. The fourth-order valence-corrected chi connectivity index (χ4v) is 1.12. The number of H-pyrrole nitrogens is 1. The zero-order valence-corrected chi connectivity index (χ0v) is 8.32. The number of aromatic amines is 1. The van der Waals surface area contributed by atoms with E-state index in [1.807, 2.05) is 13.8 Å². The smallest absolute Gasteiger partial charge is 0.290 e. The maximum Gasteiger partial charge on any atom is 0.290 e. The van der Waals surface area contributed by atoms with Gasteiger partial charge in [-0.2, -0.15) is 0 Å². The zero-order chi connectivity index (χ0) is 10.6. The van der Waals surface area contributed by atoms with Gasteiger partial charge in [-0.05, 0) is 13.3 Å². The molecule has 0 fully saturated rings. The van der Waals surface area contributed by atoms with E-state index in [1.165, 1.54) is 12.4 Å². The van der Waals surface area contributed by atoms with Crippen LogP contribution in [0.3, 0.4) is 0 Å². The molecule has 5 nitrogen and oxygen atoms in total. The molecule has 1 rings (SSSR count). The Labute approximate surface area is 82.2 Å². The van der Waals surface area contributed by atoms with Gasteiger partial charge in [0.1, 0.15) is 0 Å². The Morgan fingerprint density at radius 2 is 2.43 bits per heavy atom. The summed E-state index contributed by atoms with van der Waals surface area (Å²) < 4.78 is 0. The molecule has 0 aliphatic carbocycles. The summed E-state index contributed by atoms with van der Waals surface area (Å²) in [5.41, 5.74) is -0.275. The average Bonchev–Trinajstić information content (AvgIpc) is 2.20. The zero-order valence-electron chi connectivity index (χ0n) is 8.32. The van der Waals surface area contributed by atoms with Crippen molar-refractivity contribution in [2.45, 2.75) is 32.4 Å². The van der Waals surface area contributed by atoms with Crippen molar-refractivity contribution >= 4 is 5.82 Å². The van der Waals surface area contributed by atoms with Gasteiger partial charge in [0.2, 0.25) is 0 Å². The Hall–Kier alpha value is -1.36. The third-order valence-corrected chi connectivity index (χ3v) is 2.07. The number of rotatable bonds is 4. The molecule has 5 heteroatoms. The highest BCUT2D eigenvalue weighted by molar-refractivity contribution is 5.31. The number of nitrogens with one attached hydrogen (secondary N) is 2. The van der Waals surface area contributed by atoms with E-state index < -0.39 is 6.10 Å². The van der Waals surface area contributed by atoms with E-state index in [-0.39, 0.29) is 17.4 Å². The van der Waals surface area contributed by atoms with Gasteiger partial charge in [-0.3, -0.25) is 4.79 Å². The summed E-state index contributed by atoms with van der Waals surface area (Å²) in [5, 5.41) is 12.3. The molecule has 2 unspecified atom stereocenters. The summed E-state index contributed by atoms with van der Waals surface area (Å²) in [5.74, 6) is 0.243. The first-order valence-corrected chi connectivity index (χ1v) is 4.63. The molecular weight excluding hydrogens is 182 g/mol. The van der Waals surface area contributed by atoms with E-state index in [1.54, 1.807) is 0 Å². The van der Waals surface area contributed by atoms with E-state index in [0.717, 1.165) is 0 Å². The van der Waals surface area contributed by atoms with Crippen LogP contribution in [0.4, 0.5) is 5.82 Å². The highest BCUT2D eigenvalue weighted by atomic mass is 16.3. The van der Waals surface area contributed by atoms with Crippen molar-refractivity contribution in [2.75, 3.05) is 5.32 Å². The summed E-state index contributed by atoms with van der Waals surface area (Å²) in [4.78, 5) is 17.6. The minimum atomic E-state index is -0.476. The van der Waals surface area contributed by atoms with Crippen molar-refractivity contribution in [2.24, 2.45) is 0 Å². The largest absolute Gasteiger partial charge is 0.391 e. The lowest BCUT2D eigenvalue weighted by Gasteiger charge is -2.18. The second-order valence-electron chi connectivity index (χ2n) is 3.18. The van der Waals surface area contributed by atoms with E-state index in [9.17, 15) is 9.90 Å². The summed E-state index contributed by atoms with van der Waals surface area (Å²) in [6.07, 6.45) is 3.12. The Bertz CT molecular complexity index is 337. The summed E-state index contributed by atoms with van der Waals surface area (Å²) in [6.45, 7) is 3.69. The Kier molecular flexibility index (Phi) is 3.64. The van der Waals surface area contributed by atoms with Crippen LogP contribution in [-0.2, 0) is 0 Å². The van der Waals surface area contributed by atoms with Crippen molar-refractivity contribution in [3.05, 3.63) is 22.7 Å². The van der Waals surface area contributed by atoms with Gasteiger partial charge in [-0.25, -0.2) is 4.98 Å². The third kappa shape index (κ3) is 2.56. The number of hydrogen-bond donors (Lipinski definition) is 3. The fraction of sp³-hybridized carbons (Fsp3) is 0.556. The Morgan fingerprint density at radius 3 is 3.00 bits per heavy atom. The number of aliphatic hydroxyl groups excluding tert-OH is 1. The van der Waals surface area contributed by atoms with Crippen molar-refractivity contribution in [3.63, 3.8) is 0 Å². The molecule has 0 amide bonds. The number of nitrogens with zero attached hydrogens (tertiary/aromatic N) is 1. The van der Waals surface area contributed by atoms with E-state index in [0.29, 0.717) is 6.42 Å². The van der Waals surface area contributed by atoms with Gasteiger partial charge in [-0.15, -0.1) is 0 Å². The van der Waals surface area contributed by atoms with Gasteiger partial charge in [0.25, 0.3) is 5.56 Å². The molecular formula is C9H15N3O2. The Balaban J connectivity index is 2.69. The standard InChI is InChI=1S/C9H15N3O2/c1-3-7(13)6(2)12-8-9(14)11-5-4-10-8/h4-7,13H,3H2,1-2H3,(H,10,12)(H,11,14). The predicted molar refractivity (Wildman–Crippen MR) is 54.2 cm³/mol. The number of aliphatic hydroxyl groups is 1. The molecule has 0 spiro atoms. The molecule has 0 aromatic carbocycles. The maximum atomic E-state index is 11.2. The van der Waals surface area contributed by atoms with Gasteiger partial charge in [-0.1, -0.05) is 6.92 Å². The summed E-state index contributed by atoms with van der Waals surface area (Å²) in [7, 11) is 0. The number of aromatic nitrogens is 2. The van der Waals surface area contributed by atoms with Gasteiger partial charge in [0.15, 0.2) is 5.82 Å². The quantitative estimate of drug-likeness (QED) is 0.650. The molecule has 78 valence electrons. The van der Waals surface area contributed by atoms with Crippen LogP contribution in [0, 0.1) is 0 Å². The molecule has 0 radical (unpaired) electrons. The van der Waals surface area contributed by atoms with Crippen LogP contribution in [0.2, 0.25) is 0 Å².